The van der Waals surface area contributed by atoms with Crippen LogP contribution in [-0.2, 0) is 26.1 Å². The molecule has 0 bridgehead atoms. The molecule has 20 heavy (non-hydrogen) atoms. The van der Waals surface area contributed by atoms with Crippen LogP contribution in [0, 0.1) is 0 Å². The molecule has 0 saturated carbocycles. The van der Waals surface area contributed by atoms with Gasteiger partial charge in [0.2, 0.25) is 0 Å². The van der Waals surface area contributed by atoms with Crippen LogP contribution in [0.3, 0.4) is 0 Å². The van der Waals surface area contributed by atoms with Gasteiger partial charge in [0, 0.05) is 12.0 Å². The maximum Gasteiger partial charge on any atom is 0.333 e. The second kappa shape index (κ2) is 7.21. The molecular formula is C14H18O5S. The molecule has 0 aromatic heterocycles. The summed E-state index contributed by atoms with van der Waals surface area (Å²) >= 11 is 0. The molecule has 1 N–H and O–H groups in total. The largest absolute Gasteiger partial charge is 0.462 e. The van der Waals surface area contributed by atoms with Gasteiger partial charge >= 0.3 is 5.97 Å². The molecule has 1 unspecified atom stereocenters. The number of carbonyl (C=O) groups is 1. The van der Waals surface area contributed by atoms with E-state index < -0.39 is 21.3 Å². The molecule has 0 aliphatic rings. The number of ether oxygens (including phenoxy) is 1. The molecule has 0 aliphatic heterocycles. The van der Waals surface area contributed by atoms with Crippen molar-refractivity contribution in [1.29, 1.82) is 0 Å². The zero-order chi connectivity index (χ0) is 15.2. The number of hydrogen-bond acceptors (Lipinski definition) is 4. The number of esters is 1. The third kappa shape index (κ3) is 5.54. The molecule has 1 rings (SSSR count). The van der Waals surface area contributed by atoms with Crippen LogP contribution in [0.1, 0.15) is 18.9 Å². The van der Waals surface area contributed by atoms with Gasteiger partial charge in [0.1, 0.15) is 0 Å². The summed E-state index contributed by atoms with van der Waals surface area (Å²) in [7, 11) is -4.20. The predicted octanol–water partition coefficient (Wildman–Crippen LogP) is 1.99. The molecule has 1 aromatic rings. The Morgan fingerprint density at radius 3 is 2.45 bits per heavy atom. The maximum absolute atomic E-state index is 11.3. The molecule has 110 valence electrons. The minimum atomic E-state index is -4.20. The minimum Gasteiger partial charge on any atom is -0.462 e. The van der Waals surface area contributed by atoms with Gasteiger partial charge in [-0.25, -0.2) is 4.79 Å². The minimum absolute atomic E-state index is 0.0345. The summed E-state index contributed by atoms with van der Waals surface area (Å²) < 4.78 is 36.8. The summed E-state index contributed by atoms with van der Waals surface area (Å²) in [6.07, 6.45) is 0.205. The van der Waals surface area contributed by atoms with Crippen LogP contribution in [0.2, 0.25) is 0 Å². The summed E-state index contributed by atoms with van der Waals surface area (Å²) in [5.41, 5.74) is 1.04. The first-order valence-electron chi connectivity index (χ1n) is 6.13. The molecule has 1 atom stereocenters. The van der Waals surface area contributed by atoms with Crippen LogP contribution < -0.4 is 0 Å². The maximum atomic E-state index is 11.3. The van der Waals surface area contributed by atoms with Crippen molar-refractivity contribution in [2.24, 2.45) is 0 Å². The fourth-order valence-corrected chi connectivity index (χ4v) is 2.44. The Hall–Kier alpha value is -1.66. The van der Waals surface area contributed by atoms with Gasteiger partial charge in [-0.2, -0.15) is 8.42 Å². The lowest BCUT2D eigenvalue weighted by molar-refractivity contribution is -0.139. The molecule has 0 radical (unpaired) electrons. The van der Waals surface area contributed by atoms with Crippen LogP contribution in [-0.4, -0.2) is 30.8 Å². The van der Waals surface area contributed by atoms with Crippen LogP contribution in [0.5, 0.6) is 0 Å². The van der Waals surface area contributed by atoms with Crippen LogP contribution in [0.25, 0.3) is 0 Å². The van der Waals surface area contributed by atoms with Gasteiger partial charge in [0.05, 0.1) is 11.9 Å². The average Bonchev–Trinajstić information content (AvgIpc) is 2.37. The van der Waals surface area contributed by atoms with Crippen LogP contribution in [0.4, 0.5) is 0 Å². The Morgan fingerprint density at radius 2 is 1.95 bits per heavy atom. The van der Waals surface area contributed by atoms with Crippen molar-refractivity contribution in [3.8, 4) is 0 Å². The standard InChI is InChI=1S/C14H18O5S/c1-11(2)14(15)19-9-8-13(20(16,17)18)10-12-6-4-3-5-7-12/h3-7,13H,1,8-10H2,2H3,(H,16,17,18). The summed E-state index contributed by atoms with van der Waals surface area (Å²) in [4.78, 5) is 11.2. The summed E-state index contributed by atoms with van der Waals surface area (Å²) in [5.74, 6) is -0.571. The predicted molar refractivity (Wildman–Crippen MR) is 75.9 cm³/mol. The highest BCUT2D eigenvalue weighted by molar-refractivity contribution is 7.86. The lowest BCUT2D eigenvalue weighted by Gasteiger charge is -2.14. The van der Waals surface area contributed by atoms with Crippen molar-refractivity contribution in [3.05, 3.63) is 48.0 Å². The van der Waals surface area contributed by atoms with Crippen molar-refractivity contribution < 1.29 is 22.5 Å². The molecular weight excluding hydrogens is 280 g/mol. The van der Waals surface area contributed by atoms with Gasteiger partial charge in [0.25, 0.3) is 10.1 Å². The SMILES string of the molecule is C=C(C)C(=O)OCCC(Cc1ccccc1)S(=O)(=O)O. The van der Waals surface area contributed by atoms with E-state index in [1.54, 1.807) is 24.3 Å². The quantitative estimate of drug-likeness (QED) is 0.473. The molecule has 0 spiro atoms. The molecule has 0 heterocycles. The normalized spacial score (nSPS) is 12.7. The zero-order valence-corrected chi connectivity index (χ0v) is 12.1. The highest BCUT2D eigenvalue weighted by Crippen LogP contribution is 2.13. The molecule has 6 heteroatoms. The fourth-order valence-electron chi connectivity index (χ4n) is 1.64. The van der Waals surface area contributed by atoms with E-state index in [2.05, 4.69) is 6.58 Å². The Bertz CT molecular complexity index is 562. The number of rotatable bonds is 7. The lowest BCUT2D eigenvalue weighted by Crippen LogP contribution is -2.25. The van der Waals surface area contributed by atoms with Gasteiger partial charge in [-0.1, -0.05) is 36.9 Å². The van der Waals surface area contributed by atoms with E-state index in [4.69, 9.17) is 4.74 Å². The van der Waals surface area contributed by atoms with Crippen LogP contribution >= 0.6 is 0 Å². The highest BCUT2D eigenvalue weighted by Gasteiger charge is 2.23. The second-order valence-corrected chi connectivity index (χ2v) is 6.23. The second-order valence-electron chi connectivity index (χ2n) is 4.53. The van der Waals surface area contributed by atoms with Gasteiger partial charge in [-0.3, -0.25) is 4.55 Å². The van der Waals surface area contributed by atoms with E-state index in [9.17, 15) is 17.8 Å². The Labute approximate surface area is 119 Å². The van der Waals surface area contributed by atoms with E-state index in [-0.39, 0.29) is 25.0 Å². The molecule has 0 aliphatic carbocycles. The summed E-state index contributed by atoms with van der Waals surface area (Å²) in [5, 5.41) is -0.997. The first kappa shape index (κ1) is 16.4. The fraction of sp³-hybridized carbons (Fsp3) is 0.357. The topological polar surface area (TPSA) is 80.7 Å². The first-order valence-corrected chi connectivity index (χ1v) is 7.64. The Balaban J connectivity index is 2.63. The monoisotopic (exact) mass is 298 g/mol. The number of benzene rings is 1. The smallest absolute Gasteiger partial charge is 0.333 e. The average molecular weight is 298 g/mol. The van der Waals surface area contributed by atoms with Crippen molar-refractivity contribution in [2.45, 2.75) is 25.0 Å². The Morgan fingerprint density at radius 1 is 1.35 bits per heavy atom. The molecule has 5 nitrogen and oxygen atoms in total. The number of hydrogen-bond donors (Lipinski definition) is 1. The third-order valence-electron chi connectivity index (χ3n) is 2.75. The number of carbonyl (C=O) groups excluding carboxylic acids is 1. The zero-order valence-electron chi connectivity index (χ0n) is 11.3. The van der Waals surface area contributed by atoms with Gasteiger partial charge in [-0.05, 0) is 18.9 Å². The van der Waals surface area contributed by atoms with Crippen molar-refractivity contribution in [2.75, 3.05) is 6.61 Å². The highest BCUT2D eigenvalue weighted by atomic mass is 32.2. The molecule has 0 fully saturated rings. The van der Waals surface area contributed by atoms with Crippen LogP contribution in [0.15, 0.2) is 42.5 Å². The molecule has 0 amide bonds. The molecule has 1 aromatic carbocycles. The first-order chi connectivity index (χ1) is 9.30. The summed E-state index contributed by atoms with van der Waals surface area (Å²) in [6.45, 7) is 4.85. The van der Waals surface area contributed by atoms with Crippen molar-refractivity contribution in [1.82, 2.24) is 0 Å². The van der Waals surface area contributed by atoms with E-state index in [1.807, 2.05) is 6.07 Å². The van der Waals surface area contributed by atoms with Gasteiger partial charge in [-0.15, -0.1) is 0 Å². The summed E-state index contributed by atoms with van der Waals surface area (Å²) in [6, 6.07) is 8.95. The van der Waals surface area contributed by atoms with Gasteiger partial charge in [0.15, 0.2) is 0 Å². The van der Waals surface area contributed by atoms with Crippen molar-refractivity contribution >= 4 is 16.1 Å². The van der Waals surface area contributed by atoms with Gasteiger partial charge < -0.3 is 4.74 Å². The van der Waals surface area contributed by atoms with Crippen molar-refractivity contribution in [3.63, 3.8) is 0 Å². The van der Waals surface area contributed by atoms with E-state index in [1.165, 1.54) is 6.92 Å². The van der Waals surface area contributed by atoms with E-state index in [0.717, 1.165) is 5.56 Å². The van der Waals surface area contributed by atoms with E-state index in [0.29, 0.717) is 0 Å². The lowest BCUT2D eigenvalue weighted by atomic mass is 10.1. The van der Waals surface area contributed by atoms with E-state index >= 15 is 0 Å². The Kier molecular flexibility index (Phi) is 5.91. The molecule has 0 saturated heterocycles. The third-order valence-corrected chi connectivity index (χ3v) is 3.99.